The average Bonchev–Trinajstić information content (AvgIpc) is 2.14. The Morgan fingerprint density at radius 3 is 2.79 bits per heavy atom. The van der Waals surface area contributed by atoms with Gasteiger partial charge in [0.2, 0.25) is 0 Å². The van der Waals surface area contributed by atoms with Crippen molar-refractivity contribution in [3.8, 4) is 0 Å². The summed E-state index contributed by atoms with van der Waals surface area (Å²) in [5.41, 5.74) is 2.24. The summed E-state index contributed by atoms with van der Waals surface area (Å²) in [6, 6.07) is 8.00. The Balaban J connectivity index is 3.07. The van der Waals surface area contributed by atoms with E-state index in [1.807, 2.05) is 38.2 Å². The number of hydrogen-bond donors (Lipinski definition) is 0. The van der Waals surface area contributed by atoms with E-state index in [-0.39, 0.29) is 5.56 Å². The summed E-state index contributed by atoms with van der Waals surface area (Å²) < 4.78 is 2.48. The first kappa shape index (κ1) is 9.71. The molecule has 0 fully saturated rings. The first-order valence-corrected chi connectivity index (χ1v) is 5.44. The van der Waals surface area contributed by atoms with Crippen LogP contribution in [0.4, 0.5) is 0 Å². The SMILES string of the molecule is Cc1cccc2cc(I)c(=O)n(C)c12. The zero-order valence-corrected chi connectivity index (χ0v) is 10.2. The molecule has 0 saturated carbocycles. The molecule has 0 aliphatic carbocycles. The first-order chi connectivity index (χ1) is 6.61. The Bertz CT molecular complexity index is 557. The molecule has 0 radical (unpaired) electrons. The molecule has 2 rings (SSSR count). The molecule has 0 aliphatic rings. The van der Waals surface area contributed by atoms with Gasteiger partial charge in [-0.05, 0) is 46.5 Å². The largest absolute Gasteiger partial charge is 0.310 e. The Morgan fingerprint density at radius 1 is 1.36 bits per heavy atom. The molecule has 0 unspecified atom stereocenters. The van der Waals surface area contributed by atoms with Crippen molar-refractivity contribution in [2.45, 2.75) is 6.92 Å². The zero-order chi connectivity index (χ0) is 10.3. The van der Waals surface area contributed by atoms with Crippen LogP contribution >= 0.6 is 22.6 Å². The van der Waals surface area contributed by atoms with Crippen molar-refractivity contribution < 1.29 is 0 Å². The number of pyridine rings is 1. The quantitative estimate of drug-likeness (QED) is 0.685. The van der Waals surface area contributed by atoms with Crippen molar-refractivity contribution in [3.63, 3.8) is 0 Å². The number of para-hydroxylation sites is 1. The summed E-state index contributed by atoms with van der Waals surface area (Å²) in [6.45, 7) is 2.02. The van der Waals surface area contributed by atoms with E-state index in [0.717, 1.165) is 20.0 Å². The summed E-state index contributed by atoms with van der Waals surface area (Å²) in [4.78, 5) is 11.7. The highest BCUT2D eigenvalue weighted by Crippen LogP contribution is 2.17. The molecular weight excluding hydrogens is 289 g/mol. The molecule has 2 nitrogen and oxygen atoms in total. The normalized spacial score (nSPS) is 10.8. The molecule has 0 bridgehead atoms. The number of hydrogen-bond acceptors (Lipinski definition) is 1. The van der Waals surface area contributed by atoms with Crippen molar-refractivity contribution in [1.29, 1.82) is 0 Å². The standard InChI is InChI=1S/C11H10INO/c1-7-4-3-5-8-6-9(12)11(14)13(2)10(7)8/h3-6H,1-2H3. The second-order valence-electron chi connectivity index (χ2n) is 3.37. The van der Waals surface area contributed by atoms with E-state index in [4.69, 9.17) is 0 Å². The molecule has 1 heterocycles. The van der Waals surface area contributed by atoms with Gasteiger partial charge in [-0.3, -0.25) is 4.79 Å². The van der Waals surface area contributed by atoms with Gasteiger partial charge in [0.1, 0.15) is 0 Å². The second-order valence-corrected chi connectivity index (χ2v) is 4.53. The van der Waals surface area contributed by atoms with Crippen molar-refractivity contribution in [3.05, 3.63) is 43.8 Å². The van der Waals surface area contributed by atoms with Crippen molar-refractivity contribution in [2.75, 3.05) is 0 Å². The van der Waals surface area contributed by atoms with E-state index in [2.05, 4.69) is 22.6 Å². The van der Waals surface area contributed by atoms with Gasteiger partial charge in [-0.25, -0.2) is 0 Å². The highest BCUT2D eigenvalue weighted by Gasteiger charge is 2.05. The number of rotatable bonds is 0. The number of aromatic nitrogens is 1. The van der Waals surface area contributed by atoms with Crippen LogP contribution in [-0.2, 0) is 7.05 Å². The van der Waals surface area contributed by atoms with E-state index < -0.39 is 0 Å². The summed E-state index contributed by atoms with van der Waals surface area (Å²) in [5, 5.41) is 1.12. The maximum absolute atomic E-state index is 11.7. The van der Waals surface area contributed by atoms with Gasteiger partial charge < -0.3 is 4.57 Å². The predicted octanol–water partition coefficient (Wildman–Crippen LogP) is 2.45. The minimum atomic E-state index is 0.0763. The van der Waals surface area contributed by atoms with Gasteiger partial charge in [0.05, 0.1) is 9.09 Å². The lowest BCUT2D eigenvalue weighted by Gasteiger charge is -2.07. The zero-order valence-electron chi connectivity index (χ0n) is 8.04. The lowest BCUT2D eigenvalue weighted by molar-refractivity contribution is 0.894. The van der Waals surface area contributed by atoms with Crippen molar-refractivity contribution >= 4 is 33.5 Å². The fourth-order valence-corrected chi connectivity index (χ4v) is 2.41. The number of halogens is 1. The molecular formula is C11H10INO. The molecule has 2 aromatic rings. The molecule has 0 aliphatic heterocycles. The molecule has 0 amide bonds. The topological polar surface area (TPSA) is 22.0 Å². The highest BCUT2D eigenvalue weighted by molar-refractivity contribution is 14.1. The maximum atomic E-state index is 11.7. The van der Waals surface area contributed by atoms with Crippen LogP contribution in [0.5, 0.6) is 0 Å². The van der Waals surface area contributed by atoms with Crippen LogP contribution in [-0.4, -0.2) is 4.57 Å². The van der Waals surface area contributed by atoms with Crippen molar-refractivity contribution in [1.82, 2.24) is 4.57 Å². The van der Waals surface area contributed by atoms with Crippen LogP contribution in [0, 0.1) is 10.5 Å². The highest BCUT2D eigenvalue weighted by atomic mass is 127. The Labute approximate surface area is 95.7 Å². The van der Waals surface area contributed by atoms with Gasteiger partial charge in [0.25, 0.3) is 5.56 Å². The third-order valence-corrected chi connectivity index (χ3v) is 3.17. The molecule has 0 N–H and O–H groups in total. The van der Waals surface area contributed by atoms with Gasteiger partial charge in [-0.1, -0.05) is 18.2 Å². The fraction of sp³-hybridized carbons (Fsp3) is 0.182. The van der Waals surface area contributed by atoms with Crippen molar-refractivity contribution in [2.24, 2.45) is 7.05 Å². The molecule has 14 heavy (non-hydrogen) atoms. The molecule has 0 spiro atoms. The van der Waals surface area contributed by atoms with Gasteiger partial charge in [0, 0.05) is 7.05 Å². The van der Waals surface area contributed by atoms with E-state index in [1.165, 1.54) is 0 Å². The smallest absolute Gasteiger partial charge is 0.264 e. The molecule has 1 aromatic carbocycles. The molecule has 0 saturated heterocycles. The fourth-order valence-electron chi connectivity index (χ4n) is 1.72. The van der Waals surface area contributed by atoms with E-state index in [0.29, 0.717) is 0 Å². The van der Waals surface area contributed by atoms with Gasteiger partial charge in [-0.15, -0.1) is 0 Å². The lowest BCUT2D eigenvalue weighted by Crippen LogP contribution is -2.19. The van der Waals surface area contributed by atoms with E-state index in [1.54, 1.807) is 4.57 Å². The third-order valence-electron chi connectivity index (χ3n) is 2.40. The predicted molar refractivity (Wildman–Crippen MR) is 66.6 cm³/mol. The summed E-state index contributed by atoms with van der Waals surface area (Å²) >= 11 is 2.08. The van der Waals surface area contributed by atoms with Gasteiger partial charge >= 0.3 is 0 Å². The van der Waals surface area contributed by atoms with Crippen LogP contribution in [0.2, 0.25) is 0 Å². The Kier molecular flexibility index (Phi) is 2.34. The molecule has 3 heteroatoms. The van der Waals surface area contributed by atoms with Gasteiger partial charge in [0.15, 0.2) is 0 Å². The minimum absolute atomic E-state index is 0.0763. The first-order valence-electron chi connectivity index (χ1n) is 4.36. The minimum Gasteiger partial charge on any atom is -0.310 e. The van der Waals surface area contributed by atoms with Crippen LogP contribution < -0.4 is 5.56 Å². The molecule has 1 aromatic heterocycles. The summed E-state index contributed by atoms with van der Waals surface area (Å²) in [5.74, 6) is 0. The third kappa shape index (κ3) is 1.35. The average molecular weight is 299 g/mol. The number of aryl methyl sites for hydroxylation is 2. The van der Waals surface area contributed by atoms with Crippen LogP contribution in [0.15, 0.2) is 29.1 Å². The number of fused-ring (bicyclic) bond motifs is 1. The molecule has 72 valence electrons. The van der Waals surface area contributed by atoms with Crippen LogP contribution in [0.3, 0.4) is 0 Å². The summed E-state index contributed by atoms with van der Waals surface area (Å²) in [6.07, 6.45) is 0. The molecule has 0 atom stereocenters. The van der Waals surface area contributed by atoms with E-state index in [9.17, 15) is 4.79 Å². The summed E-state index contributed by atoms with van der Waals surface area (Å²) in [7, 11) is 1.82. The number of benzene rings is 1. The lowest BCUT2D eigenvalue weighted by atomic mass is 10.1. The monoisotopic (exact) mass is 299 g/mol. The van der Waals surface area contributed by atoms with Gasteiger partial charge in [-0.2, -0.15) is 0 Å². The van der Waals surface area contributed by atoms with E-state index >= 15 is 0 Å². The Morgan fingerprint density at radius 2 is 2.07 bits per heavy atom. The van der Waals surface area contributed by atoms with Crippen LogP contribution in [0.25, 0.3) is 10.9 Å². The number of nitrogens with zero attached hydrogens (tertiary/aromatic N) is 1. The Hall–Kier alpha value is -0.840. The second kappa shape index (κ2) is 3.38. The maximum Gasteiger partial charge on any atom is 0.264 e. The van der Waals surface area contributed by atoms with Crippen LogP contribution in [0.1, 0.15) is 5.56 Å².